The number of aliphatic hydroxyl groups excluding tert-OH is 1. The van der Waals surface area contributed by atoms with Crippen molar-refractivity contribution in [3.05, 3.63) is 29.8 Å². The molecule has 0 saturated heterocycles. The van der Waals surface area contributed by atoms with Crippen LogP contribution in [0.5, 0.6) is 5.75 Å². The minimum Gasteiger partial charge on any atom is -0.508 e. The Labute approximate surface area is 127 Å². The quantitative estimate of drug-likeness (QED) is 0.707. The number of aromatic hydroxyl groups is 1. The Hall–Kier alpha value is -2.41. The number of phenols is 1. The van der Waals surface area contributed by atoms with E-state index in [1.54, 1.807) is 19.1 Å². The van der Waals surface area contributed by atoms with Crippen molar-refractivity contribution in [3.8, 4) is 5.75 Å². The lowest BCUT2D eigenvalue weighted by Gasteiger charge is -2.30. The van der Waals surface area contributed by atoms with E-state index in [1.807, 2.05) is 0 Å². The van der Waals surface area contributed by atoms with Crippen molar-refractivity contribution in [2.45, 2.75) is 19.4 Å². The van der Waals surface area contributed by atoms with E-state index < -0.39 is 24.0 Å². The van der Waals surface area contributed by atoms with Gasteiger partial charge < -0.3 is 20.3 Å². The summed E-state index contributed by atoms with van der Waals surface area (Å²) >= 11 is 0. The second kappa shape index (κ2) is 7.04. The summed E-state index contributed by atoms with van der Waals surface area (Å²) < 4.78 is 5.06. The lowest BCUT2D eigenvalue weighted by molar-refractivity contribution is -0.146. The molecule has 1 aromatic carbocycles. The molecule has 3 N–H and O–H groups in total. The average molecular weight is 306 g/mol. The Balaban J connectivity index is 2.42. The number of benzene rings is 1. The van der Waals surface area contributed by atoms with Gasteiger partial charge in [-0.3, -0.25) is 4.79 Å². The Morgan fingerprint density at radius 3 is 2.86 bits per heavy atom. The normalized spacial score (nSPS) is 21.0. The first-order valence-electron chi connectivity index (χ1n) is 7.01. The molecule has 22 heavy (non-hydrogen) atoms. The molecule has 0 aliphatic carbocycles. The highest BCUT2D eigenvalue weighted by Gasteiger charge is 2.39. The number of urea groups is 1. The van der Waals surface area contributed by atoms with Gasteiger partial charge in [0.2, 0.25) is 0 Å². The van der Waals surface area contributed by atoms with Crippen LogP contribution in [-0.4, -0.2) is 41.1 Å². The van der Waals surface area contributed by atoms with E-state index in [0.29, 0.717) is 5.56 Å². The third-order valence-corrected chi connectivity index (χ3v) is 3.35. The van der Waals surface area contributed by atoms with Crippen LogP contribution in [0.1, 0.15) is 24.9 Å². The molecular formula is C15H18N2O5. The molecule has 2 amide bonds. The monoisotopic (exact) mass is 306 g/mol. The second-order valence-corrected chi connectivity index (χ2v) is 4.83. The number of nitrogens with one attached hydrogen (secondary N) is 1. The standard InChI is InChI=1S/C15H18N2O5/c1-2-22-14(20)12-11(6-7-18)16-15(21)17-13(12)9-4-3-5-10(19)8-9/h3-5,8,12-13,18-19H,2,6-7H2,1H3,(H,17,21). The van der Waals surface area contributed by atoms with Crippen molar-refractivity contribution in [2.75, 3.05) is 13.2 Å². The first-order valence-corrected chi connectivity index (χ1v) is 7.01. The van der Waals surface area contributed by atoms with Crippen molar-refractivity contribution < 1.29 is 24.5 Å². The summed E-state index contributed by atoms with van der Waals surface area (Å²) in [4.78, 5) is 27.8. The van der Waals surface area contributed by atoms with Crippen LogP contribution in [0.15, 0.2) is 29.3 Å². The van der Waals surface area contributed by atoms with E-state index in [2.05, 4.69) is 10.3 Å². The van der Waals surface area contributed by atoms with Crippen LogP contribution in [0.2, 0.25) is 0 Å². The number of nitrogens with zero attached hydrogens (tertiary/aromatic N) is 1. The van der Waals surface area contributed by atoms with E-state index in [0.717, 1.165) is 0 Å². The smallest absolute Gasteiger partial charge is 0.341 e. The molecule has 7 heteroatoms. The third-order valence-electron chi connectivity index (χ3n) is 3.35. The van der Waals surface area contributed by atoms with Crippen LogP contribution >= 0.6 is 0 Å². The number of phenolic OH excluding ortho intramolecular Hbond substituents is 1. The molecule has 0 saturated carbocycles. The van der Waals surface area contributed by atoms with Crippen molar-refractivity contribution in [3.63, 3.8) is 0 Å². The highest BCUT2D eigenvalue weighted by Crippen LogP contribution is 2.30. The number of ether oxygens (including phenoxy) is 1. The van der Waals surface area contributed by atoms with Gasteiger partial charge in [0.1, 0.15) is 11.7 Å². The largest absolute Gasteiger partial charge is 0.508 e. The number of hydrogen-bond acceptors (Lipinski definition) is 5. The van der Waals surface area contributed by atoms with Crippen LogP contribution < -0.4 is 5.32 Å². The molecule has 7 nitrogen and oxygen atoms in total. The van der Waals surface area contributed by atoms with Crippen molar-refractivity contribution in [1.82, 2.24) is 5.32 Å². The minimum absolute atomic E-state index is 0.0283. The minimum atomic E-state index is -0.827. The highest BCUT2D eigenvalue weighted by atomic mass is 16.5. The van der Waals surface area contributed by atoms with Gasteiger partial charge in [0.05, 0.1) is 12.6 Å². The Kier molecular flexibility index (Phi) is 5.11. The van der Waals surface area contributed by atoms with Gasteiger partial charge >= 0.3 is 12.0 Å². The lowest BCUT2D eigenvalue weighted by atomic mass is 9.86. The van der Waals surface area contributed by atoms with Gasteiger partial charge in [-0.25, -0.2) is 9.79 Å². The SMILES string of the molecule is CCOC(=O)C1C(CCO)=NC(=O)NC1c1cccc(O)c1. The molecule has 1 aromatic rings. The molecule has 0 radical (unpaired) electrons. The summed E-state index contributed by atoms with van der Waals surface area (Å²) in [6.45, 7) is 1.66. The fraction of sp³-hybridized carbons (Fsp3) is 0.400. The number of aliphatic hydroxyl groups is 1. The molecule has 0 fully saturated rings. The Morgan fingerprint density at radius 2 is 2.23 bits per heavy atom. The van der Waals surface area contributed by atoms with Crippen LogP contribution in [-0.2, 0) is 9.53 Å². The van der Waals surface area contributed by atoms with Gasteiger partial charge in [-0.1, -0.05) is 12.1 Å². The van der Waals surface area contributed by atoms with Crippen molar-refractivity contribution in [2.24, 2.45) is 10.9 Å². The van der Waals surface area contributed by atoms with Crippen LogP contribution in [0.3, 0.4) is 0 Å². The molecule has 0 bridgehead atoms. The Morgan fingerprint density at radius 1 is 1.45 bits per heavy atom. The molecule has 1 heterocycles. The molecule has 118 valence electrons. The number of carbonyl (C=O) groups is 2. The summed E-state index contributed by atoms with van der Waals surface area (Å²) in [6.07, 6.45) is 0.103. The lowest BCUT2D eigenvalue weighted by Crippen LogP contribution is -2.45. The summed E-state index contributed by atoms with van der Waals surface area (Å²) in [6, 6.07) is 5.00. The summed E-state index contributed by atoms with van der Waals surface area (Å²) in [5.41, 5.74) is 0.842. The van der Waals surface area contributed by atoms with Crippen molar-refractivity contribution in [1.29, 1.82) is 0 Å². The molecular weight excluding hydrogens is 288 g/mol. The van der Waals surface area contributed by atoms with Crippen molar-refractivity contribution >= 4 is 17.7 Å². The van der Waals surface area contributed by atoms with Crippen LogP contribution in [0, 0.1) is 5.92 Å². The fourth-order valence-electron chi connectivity index (χ4n) is 2.47. The van der Waals surface area contributed by atoms with E-state index in [-0.39, 0.29) is 31.1 Å². The maximum Gasteiger partial charge on any atom is 0.341 e. The van der Waals surface area contributed by atoms with Gasteiger partial charge in [0, 0.05) is 18.7 Å². The predicted molar refractivity (Wildman–Crippen MR) is 78.6 cm³/mol. The maximum absolute atomic E-state index is 12.3. The predicted octanol–water partition coefficient (Wildman–Crippen LogP) is 1.16. The number of esters is 1. The van der Waals surface area contributed by atoms with Crippen LogP contribution in [0.4, 0.5) is 4.79 Å². The molecule has 0 aromatic heterocycles. The Bertz CT molecular complexity index is 599. The van der Waals surface area contributed by atoms with E-state index in [9.17, 15) is 14.7 Å². The van der Waals surface area contributed by atoms with E-state index >= 15 is 0 Å². The van der Waals surface area contributed by atoms with Gasteiger partial charge in [0.25, 0.3) is 0 Å². The average Bonchev–Trinajstić information content (AvgIpc) is 2.47. The number of rotatable bonds is 5. The fourth-order valence-corrected chi connectivity index (χ4v) is 2.47. The number of hydrogen-bond donors (Lipinski definition) is 3. The topological polar surface area (TPSA) is 108 Å². The molecule has 0 spiro atoms. The van der Waals surface area contributed by atoms with Crippen LogP contribution in [0.25, 0.3) is 0 Å². The summed E-state index contributed by atoms with van der Waals surface area (Å²) in [5, 5.41) is 21.4. The van der Waals surface area contributed by atoms with E-state index in [1.165, 1.54) is 12.1 Å². The first kappa shape index (κ1) is 16.0. The number of aliphatic imine (C=N–C) groups is 1. The molecule has 1 aliphatic rings. The molecule has 2 unspecified atom stereocenters. The maximum atomic E-state index is 12.3. The second-order valence-electron chi connectivity index (χ2n) is 4.83. The molecule has 2 rings (SSSR count). The van der Waals surface area contributed by atoms with Gasteiger partial charge in [0.15, 0.2) is 0 Å². The number of carbonyl (C=O) groups excluding carboxylic acids is 2. The molecule has 2 atom stereocenters. The van der Waals surface area contributed by atoms with Gasteiger partial charge in [-0.15, -0.1) is 0 Å². The van der Waals surface area contributed by atoms with Gasteiger partial charge in [-0.05, 0) is 24.6 Å². The summed E-state index contributed by atoms with van der Waals surface area (Å²) in [5.74, 6) is -1.32. The highest BCUT2D eigenvalue weighted by molar-refractivity contribution is 6.09. The van der Waals surface area contributed by atoms with Gasteiger partial charge in [-0.2, -0.15) is 0 Å². The van der Waals surface area contributed by atoms with E-state index in [4.69, 9.17) is 9.84 Å². The first-order chi connectivity index (χ1) is 10.6. The summed E-state index contributed by atoms with van der Waals surface area (Å²) in [7, 11) is 0. The zero-order valence-corrected chi connectivity index (χ0v) is 12.2. The zero-order chi connectivity index (χ0) is 16.1. The molecule has 1 aliphatic heterocycles. The number of amides is 2. The third kappa shape index (κ3) is 3.43. The zero-order valence-electron chi connectivity index (χ0n) is 12.2.